The van der Waals surface area contributed by atoms with Gasteiger partial charge in [0.05, 0.1) is 25.4 Å². The fraction of sp³-hybridized carbons (Fsp3) is 0.444. The molecular weight excluding hydrogens is 432 g/mol. The molecule has 2 heterocycles. The highest BCUT2D eigenvalue weighted by atomic mass is 16.5. The zero-order valence-corrected chi connectivity index (χ0v) is 19.8. The lowest BCUT2D eigenvalue weighted by atomic mass is 9.89. The Hall–Kier alpha value is -2.87. The monoisotopic (exact) mass is 466 g/mol. The number of fused-ring (bicyclic) bond motifs is 1. The van der Waals surface area contributed by atoms with Crippen LogP contribution in [0.3, 0.4) is 0 Å². The molecule has 1 aliphatic heterocycles. The molecule has 3 aromatic rings. The smallest absolute Gasteiger partial charge is 0.335 e. The summed E-state index contributed by atoms with van der Waals surface area (Å²) in [5, 5.41) is 10.3. The molecule has 0 atom stereocenters. The Bertz CT molecular complexity index is 1050. The van der Waals surface area contributed by atoms with Crippen LogP contribution in [0.5, 0.6) is 5.75 Å². The summed E-state index contributed by atoms with van der Waals surface area (Å²) in [6.45, 7) is 6.33. The lowest BCUT2D eigenvalue weighted by Gasteiger charge is -2.31. The molecule has 0 aliphatic carbocycles. The summed E-state index contributed by atoms with van der Waals surface area (Å²) < 4.78 is 18.9. The number of carbonyl (C=O) groups is 1. The van der Waals surface area contributed by atoms with Crippen molar-refractivity contribution in [1.82, 2.24) is 9.47 Å². The average Bonchev–Trinajstić information content (AvgIpc) is 3.23. The number of benzene rings is 2. The summed E-state index contributed by atoms with van der Waals surface area (Å²) in [4.78, 5) is 13.4. The molecule has 1 fully saturated rings. The SMILES string of the molecule is COCCOCCn1cc(C2CCN(CCOc3ccc(C(=O)O)cc3)CC2)c2ccccc21. The lowest BCUT2D eigenvalue weighted by molar-refractivity contribution is 0.0670. The largest absolute Gasteiger partial charge is 0.492 e. The van der Waals surface area contributed by atoms with Crippen molar-refractivity contribution in [2.24, 2.45) is 0 Å². The second-order valence-corrected chi connectivity index (χ2v) is 8.69. The van der Waals surface area contributed by atoms with Gasteiger partial charge < -0.3 is 23.9 Å². The molecule has 0 amide bonds. The Balaban J connectivity index is 1.28. The third-order valence-corrected chi connectivity index (χ3v) is 6.53. The number of ether oxygens (including phenoxy) is 3. The average molecular weight is 467 g/mol. The van der Waals surface area contributed by atoms with E-state index < -0.39 is 5.97 Å². The van der Waals surface area contributed by atoms with Crippen molar-refractivity contribution < 1.29 is 24.1 Å². The molecule has 0 radical (unpaired) electrons. The van der Waals surface area contributed by atoms with Crippen LogP contribution in [0, 0.1) is 0 Å². The summed E-state index contributed by atoms with van der Waals surface area (Å²) in [5.41, 5.74) is 2.99. The summed E-state index contributed by atoms with van der Waals surface area (Å²) in [6, 6.07) is 15.2. The molecule has 1 N–H and O–H groups in total. The van der Waals surface area contributed by atoms with Crippen LogP contribution in [0.25, 0.3) is 10.9 Å². The number of carboxylic acids is 1. The normalized spacial score (nSPS) is 15.1. The number of rotatable bonds is 12. The highest BCUT2D eigenvalue weighted by Crippen LogP contribution is 2.34. The van der Waals surface area contributed by atoms with E-state index in [-0.39, 0.29) is 5.56 Å². The molecule has 1 aromatic heterocycles. The van der Waals surface area contributed by atoms with Gasteiger partial charge in [-0.25, -0.2) is 4.79 Å². The fourth-order valence-electron chi connectivity index (χ4n) is 4.65. The van der Waals surface area contributed by atoms with Gasteiger partial charge in [0.2, 0.25) is 0 Å². The maximum atomic E-state index is 11.0. The summed E-state index contributed by atoms with van der Waals surface area (Å²) in [5.74, 6) is 0.341. The second-order valence-electron chi connectivity index (χ2n) is 8.69. The van der Waals surface area contributed by atoms with Crippen LogP contribution in [0.4, 0.5) is 0 Å². The number of nitrogens with zero attached hydrogens (tertiary/aromatic N) is 2. The maximum absolute atomic E-state index is 11.0. The summed E-state index contributed by atoms with van der Waals surface area (Å²) >= 11 is 0. The molecule has 0 bridgehead atoms. The number of likely N-dealkylation sites (tertiary alicyclic amines) is 1. The van der Waals surface area contributed by atoms with E-state index in [9.17, 15) is 4.79 Å². The van der Waals surface area contributed by atoms with Gasteiger partial charge in [0, 0.05) is 37.3 Å². The Labute approximate surface area is 200 Å². The van der Waals surface area contributed by atoms with Crippen LogP contribution < -0.4 is 4.74 Å². The van der Waals surface area contributed by atoms with Gasteiger partial charge in [-0.05, 0) is 67.7 Å². The summed E-state index contributed by atoms with van der Waals surface area (Å²) in [6.07, 6.45) is 4.59. The van der Waals surface area contributed by atoms with E-state index in [0.29, 0.717) is 38.1 Å². The minimum Gasteiger partial charge on any atom is -0.492 e. The van der Waals surface area contributed by atoms with Crippen molar-refractivity contribution in [2.45, 2.75) is 25.3 Å². The van der Waals surface area contributed by atoms with Gasteiger partial charge in [0.1, 0.15) is 12.4 Å². The van der Waals surface area contributed by atoms with E-state index >= 15 is 0 Å². The number of methoxy groups -OCH3 is 1. The van der Waals surface area contributed by atoms with E-state index in [2.05, 4.69) is 39.9 Å². The number of aromatic nitrogens is 1. The van der Waals surface area contributed by atoms with Gasteiger partial charge in [-0.3, -0.25) is 4.90 Å². The molecule has 0 unspecified atom stereocenters. The molecule has 182 valence electrons. The Kier molecular flexibility index (Phi) is 8.57. The van der Waals surface area contributed by atoms with Crippen LogP contribution in [0.2, 0.25) is 0 Å². The van der Waals surface area contributed by atoms with Crippen LogP contribution in [-0.4, -0.2) is 73.7 Å². The first-order valence-electron chi connectivity index (χ1n) is 12.0. The van der Waals surface area contributed by atoms with Crippen molar-refractivity contribution in [3.05, 3.63) is 65.9 Å². The number of piperidine rings is 1. The first-order chi connectivity index (χ1) is 16.7. The third kappa shape index (κ3) is 6.17. The fourth-order valence-corrected chi connectivity index (χ4v) is 4.65. The van der Waals surface area contributed by atoms with E-state index in [0.717, 1.165) is 39.0 Å². The zero-order chi connectivity index (χ0) is 23.8. The quantitative estimate of drug-likeness (QED) is 0.402. The topological polar surface area (TPSA) is 73.2 Å². The van der Waals surface area contributed by atoms with Crippen molar-refractivity contribution >= 4 is 16.9 Å². The highest BCUT2D eigenvalue weighted by Gasteiger charge is 2.23. The van der Waals surface area contributed by atoms with Gasteiger partial charge in [0.15, 0.2) is 0 Å². The molecule has 34 heavy (non-hydrogen) atoms. The summed E-state index contributed by atoms with van der Waals surface area (Å²) in [7, 11) is 1.69. The molecule has 1 aliphatic rings. The molecule has 0 saturated carbocycles. The van der Waals surface area contributed by atoms with Gasteiger partial charge in [-0.1, -0.05) is 18.2 Å². The molecule has 1 saturated heterocycles. The zero-order valence-electron chi connectivity index (χ0n) is 19.8. The molecule has 4 rings (SSSR count). The van der Waals surface area contributed by atoms with E-state index in [4.69, 9.17) is 19.3 Å². The predicted molar refractivity (Wildman–Crippen MR) is 132 cm³/mol. The van der Waals surface area contributed by atoms with Gasteiger partial charge >= 0.3 is 5.97 Å². The predicted octanol–water partition coefficient (Wildman–Crippen LogP) is 4.26. The third-order valence-electron chi connectivity index (χ3n) is 6.53. The van der Waals surface area contributed by atoms with Crippen LogP contribution in [-0.2, 0) is 16.0 Å². The number of hydrogen-bond donors (Lipinski definition) is 1. The van der Waals surface area contributed by atoms with Gasteiger partial charge in [0.25, 0.3) is 0 Å². The van der Waals surface area contributed by atoms with Gasteiger partial charge in [-0.2, -0.15) is 0 Å². The minimum atomic E-state index is -0.923. The molecular formula is C27H34N2O5. The van der Waals surface area contributed by atoms with Crippen LogP contribution in [0.15, 0.2) is 54.7 Å². The molecule has 7 heteroatoms. The highest BCUT2D eigenvalue weighted by molar-refractivity contribution is 5.87. The van der Waals surface area contributed by atoms with Crippen molar-refractivity contribution in [1.29, 1.82) is 0 Å². The van der Waals surface area contributed by atoms with E-state index in [1.54, 1.807) is 31.4 Å². The van der Waals surface area contributed by atoms with E-state index in [1.165, 1.54) is 16.5 Å². The van der Waals surface area contributed by atoms with Crippen LogP contribution in [0.1, 0.15) is 34.7 Å². The van der Waals surface area contributed by atoms with Crippen molar-refractivity contribution in [3.63, 3.8) is 0 Å². The number of para-hydroxylation sites is 1. The first kappa shape index (κ1) is 24.3. The minimum absolute atomic E-state index is 0.273. The first-order valence-corrected chi connectivity index (χ1v) is 12.0. The second kappa shape index (κ2) is 12.0. The Morgan fingerprint density at radius 2 is 1.74 bits per heavy atom. The van der Waals surface area contributed by atoms with E-state index in [1.807, 2.05) is 0 Å². The van der Waals surface area contributed by atoms with Crippen molar-refractivity contribution in [3.8, 4) is 5.75 Å². The lowest BCUT2D eigenvalue weighted by Crippen LogP contribution is -2.35. The standard InChI is InChI=1S/C27H34N2O5/c1-32-18-19-33-16-15-29-20-25(24-4-2-3-5-26(24)29)21-10-12-28(13-11-21)14-17-34-23-8-6-22(7-9-23)27(30)31/h2-9,20-21H,10-19H2,1H3,(H,30,31). The Morgan fingerprint density at radius 1 is 0.971 bits per heavy atom. The van der Waals surface area contributed by atoms with Crippen LogP contribution >= 0.6 is 0 Å². The van der Waals surface area contributed by atoms with Crippen molar-refractivity contribution in [2.75, 3.05) is 53.2 Å². The maximum Gasteiger partial charge on any atom is 0.335 e. The number of hydrogen-bond acceptors (Lipinski definition) is 5. The number of carboxylic acid groups (broad SMARTS) is 1. The Morgan fingerprint density at radius 3 is 2.47 bits per heavy atom. The molecule has 2 aromatic carbocycles. The molecule has 0 spiro atoms. The molecule has 7 nitrogen and oxygen atoms in total. The van der Waals surface area contributed by atoms with Gasteiger partial charge in [-0.15, -0.1) is 0 Å². The number of aromatic carboxylic acids is 1.